The molecule has 2 aliphatic heterocycles. The van der Waals surface area contributed by atoms with Gasteiger partial charge in [0, 0.05) is 32.6 Å². The Hall–Kier alpha value is -0.890. The molecule has 2 fully saturated rings. The molecule has 13 atom stereocenters. The van der Waals surface area contributed by atoms with Crippen molar-refractivity contribution < 1.29 is 48.5 Å². The molecule has 2 saturated heterocycles. The zero-order chi connectivity index (χ0) is 29.7. The maximum atomic E-state index is 12.3. The Morgan fingerprint density at radius 3 is 2.33 bits per heavy atom. The van der Waals surface area contributed by atoms with Crippen LogP contribution >= 0.6 is 0 Å². The largest absolute Gasteiger partial charge is 0.481 e. The normalized spacial score (nSPS) is 38.4. The lowest BCUT2D eigenvalue weighted by Crippen LogP contribution is -2.60. The van der Waals surface area contributed by atoms with Crippen LogP contribution in [-0.2, 0) is 33.2 Å². The van der Waals surface area contributed by atoms with Gasteiger partial charge in [0.25, 0.3) is 0 Å². The molecule has 39 heavy (non-hydrogen) atoms. The first-order chi connectivity index (χ1) is 18.2. The molecule has 230 valence electrons. The molecule has 11 heteroatoms. The topological polar surface area (TPSA) is 145 Å². The number of carboxylic acids is 1. The summed E-state index contributed by atoms with van der Waals surface area (Å²) >= 11 is 0. The van der Waals surface area contributed by atoms with E-state index in [1.165, 1.54) is 7.11 Å². The van der Waals surface area contributed by atoms with Crippen LogP contribution in [0.15, 0.2) is 0 Å². The number of hydrogen-bond acceptors (Lipinski definition) is 10. The average molecular weight is 564 g/mol. The van der Waals surface area contributed by atoms with Crippen LogP contribution in [0.5, 0.6) is 0 Å². The molecule has 4 N–H and O–H groups in total. The predicted octanol–water partition coefficient (Wildman–Crippen LogP) is 2.30. The molecular formula is C28H53NO10. The van der Waals surface area contributed by atoms with Crippen molar-refractivity contribution in [2.45, 2.75) is 141 Å². The van der Waals surface area contributed by atoms with Crippen molar-refractivity contribution in [2.24, 2.45) is 11.8 Å². The van der Waals surface area contributed by atoms with Crippen LogP contribution in [0.1, 0.15) is 74.1 Å². The smallest absolute Gasteiger partial charge is 0.308 e. The molecule has 0 bridgehead atoms. The molecule has 0 aliphatic carbocycles. The van der Waals surface area contributed by atoms with Crippen LogP contribution in [0.2, 0.25) is 0 Å². The lowest BCUT2D eigenvalue weighted by molar-refractivity contribution is -0.316. The van der Waals surface area contributed by atoms with Gasteiger partial charge in [-0.25, -0.2) is 0 Å². The number of aliphatic hydroxyl groups is 2. The number of hydrogen-bond donors (Lipinski definition) is 4. The first-order valence-corrected chi connectivity index (χ1v) is 14.2. The van der Waals surface area contributed by atoms with Crippen molar-refractivity contribution in [3.8, 4) is 0 Å². The molecule has 2 heterocycles. The Morgan fingerprint density at radius 1 is 1.18 bits per heavy atom. The summed E-state index contributed by atoms with van der Waals surface area (Å²) < 4.78 is 36.6. The number of rotatable bonds is 14. The number of aliphatic carboxylic acids is 1. The first-order valence-electron chi connectivity index (χ1n) is 14.2. The van der Waals surface area contributed by atoms with Gasteiger partial charge in [-0.3, -0.25) is 4.79 Å². The average Bonchev–Trinajstić information content (AvgIpc) is 2.89. The highest BCUT2D eigenvalue weighted by atomic mass is 16.7. The van der Waals surface area contributed by atoms with Gasteiger partial charge in [-0.05, 0) is 54.5 Å². The first kappa shape index (κ1) is 34.3. The van der Waals surface area contributed by atoms with E-state index in [-0.39, 0.29) is 18.6 Å². The Morgan fingerprint density at radius 2 is 1.82 bits per heavy atom. The fraction of sp³-hybridized carbons (Fsp3) is 0.964. The molecule has 0 aromatic carbocycles. The SMILES string of the molecule is CCCC(C)(OC)[C@H](O[C@@H]1O[C@H](C)C[C@H](NC)[C@H]1O)[C@@H](C)[C@H](O[C@H]1C[C@@](C)(OC)[C@@H](O)[C@H](C)O1)[C@@H](C)C(=O)O. The monoisotopic (exact) mass is 563 g/mol. The van der Waals surface area contributed by atoms with E-state index >= 15 is 0 Å². The molecule has 0 spiro atoms. The summed E-state index contributed by atoms with van der Waals surface area (Å²) in [5.74, 6) is -2.50. The molecule has 0 saturated carbocycles. The van der Waals surface area contributed by atoms with Crippen molar-refractivity contribution in [3.63, 3.8) is 0 Å². The summed E-state index contributed by atoms with van der Waals surface area (Å²) in [5, 5.41) is 34.9. The van der Waals surface area contributed by atoms with Crippen LogP contribution < -0.4 is 5.32 Å². The molecule has 11 nitrogen and oxygen atoms in total. The minimum Gasteiger partial charge on any atom is -0.481 e. The quantitative estimate of drug-likeness (QED) is 0.247. The number of likely N-dealkylation sites (N-methyl/N-ethyl adjacent to an activating group) is 1. The van der Waals surface area contributed by atoms with E-state index < -0.39 is 72.1 Å². The van der Waals surface area contributed by atoms with E-state index in [0.29, 0.717) is 12.8 Å². The third-order valence-electron chi connectivity index (χ3n) is 8.77. The summed E-state index contributed by atoms with van der Waals surface area (Å²) in [4.78, 5) is 12.3. The summed E-state index contributed by atoms with van der Waals surface area (Å²) in [5.41, 5.74) is -1.77. The van der Waals surface area contributed by atoms with Gasteiger partial charge in [0.05, 0.1) is 41.5 Å². The second-order valence-corrected chi connectivity index (χ2v) is 11.8. The van der Waals surface area contributed by atoms with Crippen LogP contribution in [0.4, 0.5) is 0 Å². The van der Waals surface area contributed by atoms with Crippen LogP contribution in [0.25, 0.3) is 0 Å². The van der Waals surface area contributed by atoms with E-state index in [1.54, 1.807) is 34.9 Å². The summed E-state index contributed by atoms with van der Waals surface area (Å²) in [6.07, 6.45) is -3.69. The van der Waals surface area contributed by atoms with Gasteiger partial charge < -0.3 is 49.1 Å². The summed E-state index contributed by atoms with van der Waals surface area (Å²) in [7, 11) is 4.91. The van der Waals surface area contributed by atoms with E-state index in [1.807, 2.05) is 27.7 Å². The maximum Gasteiger partial charge on any atom is 0.308 e. The second-order valence-electron chi connectivity index (χ2n) is 11.8. The standard InChI is InChI=1S/C28H53NO10/c1-11-12-27(6,34-9)24(39-26-21(30)19(29-8)13-15(2)36-26)16(3)22(17(4)25(32)33)38-20-14-28(7,35-10)23(31)18(5)37-20/h15-24,26,29-31H,11-14H2,1-10H3,(H,32,33)/t15-,16+,17-,18+,19+,20+,21-,22+,23+,24-,26+,27?,28-/m1/s1. The van der Waals surface area contributed by atoms with Gasteiger partial charge in [-0.1, -0.05) is 20.3 Å². The van der Waals surface area contributed by atoms with Gasteiger partial charge >= 0.3 is 5.97 Å². The Bertz CT molecular complexity index is 773. The number of aliphatic hydroxyl groups excluding tert-OH is 2. The second kappa shape index (κ2) is 14.3. The third kappa shape index (κ3) is 7.90. The molecular weight excluding hydrogens is 510 g/mol. The zero-order valence-corrected chi connectivity index (χ0v) is 25.4. The minimum atomic E-state index is -1.03. The molecule has 2 rings (SSSR count). The van der Waals surface area contributed by atoms with Crippen LogP contribution in [0, 0.1) is 11.8 Å². The van der Waals surface area contributed by atoms with E-state index in [0.717, 1.165) is 6.42 Å². The number of methoxy groups -OCH3 is 2. The Kier molecular flexibility index (Phi) is 12.6. The Labute approximate surface area is 233 Å². The lowest BCUT2D eigenvalue weighted by atomic mass is 9.79. The molecule has 0 aromatic rings. The number of ether oxygens (including phenoxy) is 6. The fourth-order valence-corrected chi connectivity index (χ4v) is 6.06. The van der Waals surface area contributed by atoms with E-state index in [9.17, 15) is 20.1 Å². The summed E-state index contributed by atoms with van der Waals surface area (Å²) in [6.45, 7) is 12.8. The Balaban J connectivity index is 2.46. The zero-order valence-electron chi connectivity index (χ0n) is 25.4. The van der Waals surface area contributed by atoms with E-state index in [2.05, 4.69) is 5.32 Å². The summed E-state index contributed by atoms with van der Waals surface area (Å²) in [6, 6.07) is -0.227. The third-order valence-corrected chi connectivity index (χ3v) is 8.77. The molecule has 0 radical (unpaired) electrons. The van der Waals surface area contributed by atoms with E-state index in [4.69, 9.17) is 28.4 Å². The number of nitrogens with one attached hydrogen (secondary N) is 1. The fourth-order valence-electron chi connectivity index (χ4n) is 6.06. The van der Waals surface area contributed by atoms with Gasteiger partial charge in [-0.15, -0.1) is 0 Å². The molecule has 1 unspecified atom stereocenters. The van der Waals surface area contributed by atoms with Gasteiger partial charge in [0.15, 0.2) is 12.6 Å². The highest BCUT2D eigenvalue weighted by Crippen LogP contribution is 2.39. The molecule has 0 aromatic heterocycles. The molecule has 0 amide bonds. The van der Waals surface area contributed by atoms with Crippen molar-refractivity contribution in [3.05, 3.63) is 0 Å². The number of carbonyl (C=O) groups is 1. The molecule has 2 aliphatic rings. The minimum absolute atomic E-state index is 0.160. The highest BCUT2D eigenvalue weighted by Gasteiger charge is 2.50. The van der Waals surface area contributed by atoms with Crippen molar-refractivity contribution in [1.29, 1.82) is 0 Å². The maximum absolute atomic E-state index is 12.3. The van der Waals surface area contributed by atoms with Gasteiger partial charge in [0.1, 0.15) is 12.2 Å². The van der Waals surface area contributed by atoms with Gasteiger partial charge in [0.2, 0.25) is 0 Å². The van der Waals surface area contributed by atoms with Gasteiger partial charge in [-0.2, -0.15) is 0 Å². The van der Waals surface area contributed by atoms with Crippen LogP contribution in [0.3, 0.4) is 0 Å². The lowest BCUT2D eigenvalue weighted by Gasteiger charge is -2.48. The van der Waals surface area contributed by atoms with Crippen molar-refractivity contribution in [2.75, 3.05) is 21.3 Å². The predicted molar refractivity (Wildman–Crippen MR) is 144 cm³/mol. The van der Waals surface area contributed by atoms with Crippen molar-refractivity contribution >= 4 is 5.97 Å². The number of carboxylic acid groups (broad SMARTS) is 1. The van der Waals surface area contributed by atoms with Crippen molar-refractivity contribution in [1.82, 2.24) is 5.32 Å². The van der Waals surface area contributed by atoms with Crippen LogP contribution in [-0.4, -0.2) is 109 Å². The highest BCUT2D eigenvalue weighted by molar-refractivity contribution is 5.70.